The van der Waals surface area contributed by atoms with Crippen LogP contribution in [-0.4, -0.2) is 42.6 Å². The van der Waals surface area contributed by atoms with E-state index in [1.54, 1.807) is 19.2 Å². The Kier molecular flexibility index (Phi) is 5.38. The van der Waals surface area contributed by atoms with Gasteiger partial charge < -0.3 is 20.1 Å². The molecule has 0 aliphatic carbocycles. The van der Waals surface area contributed by atoms with Gasteiger partial charge in [0.2, 0.25) is 0 Å². The minimum atomic E-state index is 0.00153. The lowest BCUT2D eigenvalue weighted by molar-refractivity contribution is 0.0633. The summed E-state index contributed by atoms with van der Waals surface area (Å²) >= 11 is 0. The summed E-state index contributed by atoms with van der Waals surface area (Å²) in [6.07, 6.45) is 3.57. The molecule has 2 aromatic rings. The van der Waals surface area contributed by atoms with Crippen LogP contribution in [0.15, 0.2) is 42.6 Å². The predicted molar refractivity (Wildman–Crippen MR) is 95.8 cm³/mol. The topological polar surface area (TPSA) is 77.7 Å². The number of likely N-dealkylation sites (tertiary alicyclic amines) is 1. The number of anilines is 1. The number of benzene rings is 1. The number of ether oxygens (including phenoxy) is 2. The summed E-state index contributed by atoms with van der Waals surface area (Å²) in [5.41, 5.74) is 6.15. The molecule has 1 aromatic heterocycles. The van der Waals surface area contributed by atoms with Gasteiger partial charge in [-0.3, -0.25) is 4.79 Å². The van der Waals surface area contributed by atoms with Crippen LogP contribution in [0.5, 0.6) is 11.5 Å². The first-order chi connectivity index (χ1) is 12.2. The van der Waals surface area contributed by atoms with Crippen molar-refractivity contribution in [1.29, 1.82) is 0 Å². The average molecular weight is 341 g/mol. The van der Waals surface area contributed by atoms with Crippen LogP contribution in [0.2, 0.25) is 0 Å². The van der Waals surface area contributed by atoms with Gasteiger partial charge in [-0.15, -0.1) is 0 Å². The van der Waals surface area contributed by atoms with Crippen LogP contribution in [-0.2, 0) is 0 Å². The molecule has 1 aliphatic heterocycles. The van der Waals surface area contributed by atoms with Crippen molar-refractivity contribution in [1.82, 2.24) is 9.88 Å². The van der Waals surface area contributed by atoms with Crippen molar-refractivity contribution in [2.75, 3.05) is 32.5 Å². The summed E-state index contributed by atoms with van der Waals surface area (Å²) in [5.74, 6) is 2.36. The highest BCUT2D eigenvalue weighted by atomic mass is 16.5. The predicted octanol–water partition coefficient (Wildman–Crippen LogP) is 2.60. The van der Waals surface area contributed by atoms with Gasteiger partial charge in [-0.25, -0.2) is 4.98 Å². The maximum absolute atomic E-state index is 12.6. The molecule has 132 valence electrons. The number of hydrogen-bond donors (Lipinski definition) is 1. The number of nitrogens with two attached hydrogens (primary N) is 1. The highest BCUT2D eigenvalue weighted by molar-refractivity contribution is 5.94. The van der Waals surface area contributed by atoms with E-state index in [1.165, 1.54) is 6.20 Å². The summed E-state index contributed by atoms with van der Waals surface area (Å²) in [4.78, 5) is 18.5. The number of methoxy groups -OCH3 is 1. The van der Waals surface area contributed by atoms with E-state index in [0.717, 1.165) is 30.9 Å². The minimum absolute atomic E-state index is 0.00153. The van der Waals surface area contributed by atoms with Crippen LogP contribution in [0.3, 0.4) is 0 Å². The molecule has 0 unspecified atom stereocenters. The van der Waals surface area contributed by atoms with Gasteiger partial charge in [0, 0.05) is 25.2 Å². The van der Waals surface area contributed by atoms with Crippen LogP contribution >= 0.6 is 0 Å². The van der Waals surface area contributed by atoms with Gasteiger partial charge in [0.05, 0.1) is 19.3 Å². The molecule has 2 N–H and O–H groups in total. The van der Waals surface area contributed by atoms with Crippen LogP contribution in [0, 0.1) is 5.92 Å². The summed E-state index contributed by atoms with van der Waals surface area (Å²) in [6.45, 7) is 2.05. The van der Waals surface area contributed by atoms with Gasteiger partial charge >= 0.3 is 0 Å². The highest BCUT2D eigenvalue weighted by Crippen LogP contribution is 2.22. The molecule has 6 nitrogen and oxygen atoms in total. The Hall–Kier alpha value is -2.76. The maximum atomic E-state index is 12.6. The Balaban J connectivity index is 1.55. The Morgan fingerprint density at radius 3 is 2.68 bits per heavy atom. The van der Waals surface area contributed by atoms with E-state index in [9.17, 15) is 4.79 Å². The average Bonchev–Trinajstić information content (AvgIpc) is 2.67. The number of nitrogen functional groups attached to an aromatic ring is 1. The molecule has 1 saturated heterocycles. The third-order valence-electron chi connectivity index (χ3n) is 4.38. The second kappa shape index (κ2) is 7.88. The number of aromatic nitrogens is 1. The van der Waals surface area contributed by atoms with Crippen molar-refractivity contribution in [3.8, 4) is 11.5 Å². The zero-order valence-corrected chi connectivity index (χ0v) is 14.4. The highest BCUT2D eigenvalue weighted by Gasteiger charge is 2.25. The van der Waals surface area contributed by atoms with Gasteiger partial charge in [0.1, 0.15) is 17.3 Å². The molecule has 1 atom stereocenters. The third kappa shape index (κ3) is 4.41. The Labute approximate surface area is 147 Å². The standard InChI is InChI=1S/C19H23N3O3/c1-24-16-5-7-17(8-6-16)25-13-14-3-2-10-22(12-14)19(23)15-4-9-18(20)21-11-15/h4-9,11,14H,2-3,10,12-13H2,1H3,(H2,20,21)/t14-/m0/s1. The SMILES string of the molecule is COc1ccc(OC[C@H]2CCCN(C(=O)c3ccc(N)nc3)C2)cc1. The summed E-state index contributed by atoms with van der Waals surface area (Å²) < 4.78 is 11.0. The first kappa shape index (κ1) is 17.1. The molecule has 25 heavy (non-hydrogen) atoms. The van der Waals surface area contributed by atoms with Crippen molar-refractivity contribution in [2.45, 2.75) is 12.8 Å². The third-order valence-corrected chi connectivity index (χ3v) is 4.38. The first-order valence-corrected chi connectivity index (χ1v) is 8.43. The molecule has 2 heterocycles. The molecule has 0 bridgehead atoms. The van der Waals surface area contributed by atoms with Gasteiger partial charge in [-0.1, -0.05) is 0 Å². The van der Waals surface area contributed by atoms with Crippen LogP contribution in [0.4, 0.5) is 5.82 Å². The number of nitrogens with zero attached hydrogens (tertiary/aromatic N) is 2. The second-order valence-electron chi connectivity index (χ2n) is 6.22. The molecular weight excluding hydrogens is 318 g/mol. The number of pyridine rings is 1. The fraction of sp³-hybridized carbons (Fsp3) is 0.368. The minimum Gasteiger partial charge on any atom is -0.497 e. The van der Waals surface area contributed by atoms with Gasteiger partial charge in [0.25, 0.3) is 5.91 Å². The molecule has 3 rings (SSSR count). The van der Waals surface area contributed by atoms with E-state index in [2.05, 4.69) is 4.98 Å². The van der Waals surface area contributed by atoms with E-state index >= 15 is 0 Å². The molecule has 1 aromatic carbocycles. The number of amides is 1. The van der Waals surface area contributed by atoms with Crippen molar-refractivity contribution in [3.63, 3.8) is 0 Å². The number of carbonyl (C=O) groups excluding carboxylic acids is 1. The zero-order valence-electron chi connectivity index (χ0n) is 14.4. The summed E-state index contributed by atoms with van der Waals surface area (Å²) in [7, 11) is 1.64. The molecule has 6 heteroatoms. The summed E-state index contributed by atoms with van der Waals surface area (Å²) in [5, 5.41) is 0. The molecule has 1 fully saturated rings. The fourth-order valence-electron chi connectivity index (χ4n) is 2.99. The van der Waals surface area contributed by atoms with Crippen LogP contribution < -0.4 is 15.2 Å². The van der Waals surface area contributed by atoms with E-state index < -0.39 is 0 Å². The maximum Gasteiger partial charge on any atom is 0.255 e. The van der Waals surface area contributed by atoms with Gasteiger partial charge in [0.15, 0.2) is 0 Å². The molecule has 0 spiro atoms. The van der Waals surface area contributed by atoms with Gasteiger partial charge in [-0.2, -0.15) is 0 Å². The number of carbonyl (C=O) groups is 1. The van der Waals surface area contributed by atoms with Crippen molar-refractivity contribution in [2.24, 2.45) is 5.92 Å². The lowest BCUT2D eigenvalue weighted by Crippen LogP contribution is -2.41. The van der Waals surface area contributed by atoms with E-state index in [-0.39, 0.29) is 5.91 Å². The van der Waals surface area contributed by atoms with Crippen molar-refractivity contribution in [3.05, 3.63) is 48.2 Å². The summed E-state index contributed by atoms with van der Waals surface area (Å²) in [6, 6.07) is 10.9. The molecular formula is C19H23N3O3. The van der Waals surface area contributed by atoms with Crippen molar-refractivity contribution < 1.29 is 14.3 Å². The Morgan fingerprint density at radius 1 is 1.24 bits per heavy atom. The zero-order chi connectivity index (χ0) is 17.6. The molecule has 0 saturated carbocycles. The normalized spacial score (nSPS) is 17.2. The smallest absolute Gasteiger partial charge is 0.255 e. The largest absolute Gasteiger partial charge is 0.497 e. The lowest BCUT2D eigenvalue weighted by atomic mass is 9.98. The first-order valence-electron chi connectivity index (χ1n) is 8.43. The molecule has 0 radical (unpaired) electrons. The second-order valence-corrected chi connectivity index (χ2v) is 6.22. The van der Waals surface area contributed by atoms with E-state index in [0.29, 0.717) is 30.5 Å². The van der Waals surface area contributed by atoms with Crippen LogP contribution in [0.1, 0.15) is 23.2 Å². The van der Waals surface area contributed by atoms with Crippen LogP contribution in [0.25, 0.3) is 0 Å². The Bertz CT molecular complexity index is 701. The van der Waals surface area contributed by atoms with Gasteiger partial charge in [-0.05, 0) is 49.2 Å². The number of piperidine rings is 1. The monoisotopic (exact) mass is 341 g/mol. The van der Waals surface area contributed by atoms with Crippen molar-refractivity contribution >= 4 is 11.7 Å². The fourth-order valence-corrected chi connectivity index (χ4v) is 2.99. The lowest BCUT2D eigenvalue weighted by Gasteiger charge is -2.32. The van der Waals surface area contributed by atoms with E-state index in [1.807, 2.05) is 29.2 Å². The quantitative estimate of drug-likeness (QED) is 0.904. The number of rotatable bonds is 5. The molecule has 1 aliphatic rings. The molecule has 1 amide bonds. The van der Waals surface area contributed by atoms with E-state index in [4.69, 9.17) is 15.2 Å². The number of hydrogen-bond acceptors (Lipinski definition) is 5. The Morgan fingerprint density at radius 2 is 2.00 bits per heavy atom.